The Morgan fingerprint density at radius 3 is 2.73 bits per heavy atom. The van der Waals surface area contributed by atoms with Crippen LogP contribution in [0.3, 0.4) is 0 Å². The van der Waals surface area contributed by atoms with Crippen molar-refractivity contribution in [2.24, 2.45) is 0 Å². The van der Waals surface area contributed by atoms with Crippen molar-refractivity contribution in [2.75, 3.05) is 45.7 Å². The van der Waals surface area contributed by atoms with E-state index >= 15 is 13.2 Å². The number of benzene rings is 2. The Morgan fingerprint density at radius 1 is 1.22 bits per heavy atom. The van der Waals surface area contributed by atoms with Crippen LogP contribution in [0.4, 0.5) is 23.8 Å². The maximum absolute atomic E-state index is 15.4. The van der Waals surface area contributed by atoms with Crippen LogP contribution in [0.25, 0.3) is 10.9 Å². The summed E-state index contributed by atoms with van der Waals surface area (Å²) in [5, 5.41) is 3.56. The zero-order valence-corrected chi connectivity index (χ0v) is 23.5. The van der Waals surface area contributed by atoms with Gasteiger partial charge in [0.05, 0.1) is 18.2 Å². The van der Waals surface area contributed by atoms with E-state index in [1.54, 1.807) is 24.0 Å². The fourth-order valence-electron chi connectivity index (χ4n) is 5.38. The Labute approximate surface area is 236 Å². The van der Waals surface area contributed by atoms with Crippen molar-refractivity contribution in [3.8, 4) is 11.5 Å². The minimum absolute atomic E-state index is 0.0332. The number of alkyl halides is 2. The van der Waals surface area contributed by atoms with E-state index in [2.05, 4.69) is 20.2 Å². The summed E-state index contributed by atoms with van der Waals surface area (Å²) in [6.07, 6.45) is -1.17. The first-order chi connectivity index (χ1) is 19.6. The number of anilines is 1. The second-order valence-corrected chi connectivity index (χ2v) is 10.6. The molecule has 0 aliphatic carbocycles. The van der Waals surface area contributed by atoms with Gasteiger partial charge in [0.1, 0.15) is 23.6 Å². The number of carbonyl (C=O) groups excluding carboxylic acids is 1. The Kier molecular flexibility index (Phi) is 8.23. The molecule has 3 heterocycles. The predicted molar refractivity (Wildman–Crippen MR) is 147 cm³/mol. The number of methoxy groups -OCH3 is 1. The number of ether oxygens (including phenoxy) is 3. The van der Waals surface area contributed by atoms with E-state index in [1.165, 1.54) is 19.2 Å². The predicted octanol–water partition coefficient (Wildman–Crippen LogP) is 5.10. The molecule has 5 rings (SSSR count). The highest BCUT2D eigenvalue weighted by Gasteiger charge is 2.46. The average Bonchev–Trinajstić information content (AvgIpc) is 3.48. The lowest BCUT2D eigenvalue weighted by Crippen LogP contribution is -2.53. The normalized spacial score (nSPS) is 19.9. The minimum atomic E-state index is -3.45. The molecule has 2 aromatic carbocycles. The second kappa shape index (κ2) is 11.7. The number of piperazine rings is 1. The van der Waals surface area contributed by atoms with Crippen LogP contribution < -0.4 is 14.8 Å². The Morgan fingerprint density at radius 2 is 2.02 bits per heavy atom. The van der Waals surface area contributed by atoms with Gasteiger partial charge in [0.2, 0.25) is 0 Å². The lowest BCUT2D eigenvalue weighted by Gasteiger charge is -2.37. The first kappa shape index (κ1) is 28.9. The standard InChI is InChI=1S/C29H34F3N5O4/c1-17-16-36(3)10-11-37(17)28(38)41-24-13-20-22(14-23(24)39-4)34-18(2)35-27(20)33-15-19-7-5-8-21(26(19)30)29(31,32)25-9-6-12-40-25/h5,7-8,13-14,17,25H,6,9-12,15-16H2,1-4H3,(H,33,34,35). The van der Waals surface area contributed by atoms with Crippen LogP contribution >= 0.6 is 0 Å². The van der Waals surface area contributed by atoms with Crippen molar-refractivity contribution in [1.29, 1.82) is 0 Å². The Bertz CT molecular complexity index is 1430. The molecule has 1 aromatic heterocycles. The van der Waals surface area contributed by atoms with Crippen molar-refractivity contribution >= 4 is 22.8 Å². The van der Waals surface area contributed by atoms with Gasteiger partial charge >= 0.3 is 12.0 Å². The number of aromatic nitrogens is 2. The molecule has 2 aliphatic rings. The fourth-order valence-corrected chi connectivity index (χ4v) is 5.38. The second-order valence-electron chi connectivity index (χ2n) is 10.6. The first-order valence-electron chi connectivity index (χ1n) is 13.6. The summed E-state index contributed by atoms with van der Waals surface area (Å²) in [4.78, 5) is 25.8. The van der Waals surface area contributed by atoms with Gasteiger partial charge < -0.3 is 29.3 Å². The van der Waals surface area contributed by atoms with Crippen molar-refractivity contribution < 1.29 is 32.2 Å². The van der Waals surface area contributed by atoms with Crippen LogP contribution in [0.1, 0.15) is 36.7 Å². The van der Waals surface area contributed by atoms with Gasteiger partial charge in [-0.25, -0.2) is 19.2 Å². The van der Waals surface area contributed by atoms with Gasteiger partial charge in [-0.15, -0.1) is 0 Å². The quantitative estimate of drug-likeness (QED) is 0.418. The molecule has 2 saturated heterocycles. The zero-order valence-electron chi connectivity index (χ0n) is 23.5. The number of hydrogen-bond acceptors (Lipinski definition) is 8. The molecule has 2 atom stereocenters. The third-order valence-corrected chi connectivity index (χ3v) is 7.57. The van der Waals surface area contributed by atoms with Gasteiger partial charge in [-0.3, -0.25) is 0 Å². The number of carbonyl (C=O) groups is 1. The monoisotopic (exact) mass is 573 g/mol. The number of likely N-dealkylation sites (N-methyl/N-ethyl adjacent to an activating group) is 1. The summed E-state index contributed by atoms with van der Waals surface area (Å²) in [6.45, 7) is 5.75. The first-order valence-corrected chi connectivity index (χ1v) is 13.6. The Hall–Kier alpha value is -3.64. The molecule has 2 unspecified atom stereocenters. The SMILES string of the molecule is COc1cc2nc(C)nc(NCc3cccc(C(F)(F)C4CCCO4)c3F)c2cc1OC(=O)N1CCN(C)CC1C. The third-order valence-electron chi connectivity index (χ3n) is 7.57. The van der Waals surface area contributed by atoms with Crippen LogP contribution in [0.2, 0.25) is 0 Å². The number of rotatable bonds is 7. The molecule has 0 bridgehead atoms. The molecular weight excluding hydrogens is 539 g/mol. The van der Waals surface area contributed by atoms with E-state index in [1.807, 2.05) is 14.0 Å². The molecule has 0 radical (unpaired) electrons. The highest BCUT2D eigenvalue weighted by Crippen LogP contribution is 2.40. The van der Waals surface area contributed by atoms with E-state index in [0.717, 1.165) is 19.2 Å². The number of hydrogen-bond donors (Lipinski definition) is 1. The van der Waals surface area contributed by atoms with Crippen molar-refractivity contribution in [3.63, 3.8) is 0 Å². The molecule has 220 valence electrons. The molecule has 41 heavy (non-hydrogen) atoms. The van der Waals surface area contributed by atoms with Crippen molar-refractivity contribution in [3.05, 3.63) is 53.1 Å². The number of nitrogens with one attached hydrogen (secondary N) is 1. The highest BCUT2D eigenvalue weighted by molar-refractivity contribution is 5.92. The van der Waals surface area contributed by atoms with Gasteiger partial charge in [0.15, 0.2) is 11.5 Å². The summed E-state index contributed by atoms with van der Waals surface area (Å²) >= 11 is 0. The maximum Gasteiger partial charge on any atom is 0.415 e. The molecule has 1 N–H and O–H groups in total. The van der Waals surface area contributed by atoms with E-state index in [-0.39, 0.29) is 36.9 Å². The molecular formula is C29H34F3N5O4. The van der Waals surface area contributed by atoms with Gasteiger partial charge in [-0.1, -0.05) is 12.1 Å². The van der Waals surface area contributed by atoms with Gasteiger partial charge in [-0.05, 0) is 45.9 Å². The molecule has 1 amide bonds. The smallest absolute Gasteiger partial charge is 0.415 e. The lowest BCUT2D eigenvalue weighted by atomic mass is 9.98. The van der Waals surface area contributed by atoms with E-state index in [4.69, 9.17) is 14.2 Å². The number of nitrogens with zero attached hydrogens (tertiary/aromatic N) is 4. The Balaban J connectivity index is 1.42. The van der Waals surface area contributed by atoms with Crippen LogP contribution in [-0.4, -0.2) is 78.4 Å². The topological polar surface area (TPSA) is 89.1 Å². The van der Waals surface area contributed by atoms with Gasteiger partial charge in [-0.2, -0.15) is 8.78 Å². The molecule has 3 aromatic rings. The summed E-state index contributed by atoms with van der Waals surface area (Å²) < 4.78 is 61.9. The fraction of sp³-hybridized carbons (Fsp3) is 0.483. The number of halogens is 3. The third kappa shape index (κ3) is 5.89. The zero-order chi connectivity index (χ0) is 29.3. The summed E-state index contributed by atoms with van der Waals surface area (Å²) in [5.74, 6) is -3.20. The lowest BCUT2D eigenvalue weighted by molar-refractivity contribution is -0.124. The van der Waals surface area contributed by atoms with Crippen LogP contribution in [0.15, 0.2) is 30.3 Å². The molecule has 0 spiro atoms. The van der Waals surface area contributed by atoms with Gasteiger partial charge in [0.25, 0.3) is 0 Å². The highest BCUT2D eigenvalue weighted by atomic mass is 19.3. The molecule has 2 aliphatic heterocycles. The maximum atomic E-state index is 15.4. The number of amides is 1. The minimum Gasteiger partial charge on any atom is -0.493 e. The summed E-state index contributed by atoms with van der Waals surface area (Å²) in [6, 6.07) is 7.14. The van der Waals surface area contributed by atoms with Crippen molar-refractivity contribution in [2.45, 2.75) is 51.3 Å². The largest absolute Gasteiger partial charge is 0.493 e. The average molecular weight is 574 g/mol. The summed E-state index contributed by atoms with van der Waals surface area (Å²) in [7, 11) is 3.46. The molecule has 2 fully saturated rings. The number of aryl methyl sites for hydroxylation is 1. The van der Waals surface area contributed by atoms with Crippen molar-refractivity contribution in [1.82, 2.24) is 19.8 Å². The summed E-state index contributed by atoms with van der Waals surface area (Å²) in [5.41, 5.74) is -0.137. The van der Waals surface area contributed by atoms with Crippen LogP contribution in [0, 0.1) is 12.7 Å². The van der Waals surface area contributed by atoms with E-state index < -0.39 is 29.5 Å². The van der Waals surface area contributed by atoms with E-state index in [9.17, 15) is 4.79 Å². The molecule has 12 heteroatoms. The molecule has 0 saturated carbocycles. The van der Waals surface area contributed by atoms with Crippen LogP contribution in [0.5, 0.6) is 11.5 Å². The number of fused-ring (bicyclic) bond motifs is 1. The van der Waals surface area contributed by atoms with Gasteiger partial charge in [0, 0.05) is 55.8 Å². The van der Waals surface area contributed by atoms with Crippen LogP contribution in [-0.2, 0) is 17.2 Å². The molecule has 9 nitrogen and oxygen atoms in total. The van der Waals surface area contributed by atoms with E-state index in [0.29, 0.717) is 41.3 Å².